The van der Waals surface area contributed by atoms with Gasteiger partial charge in [-0.3, -0.25) is 0 Å². The van der Waals surface area contributed by atoms with E-state index in [9.17, 15) is 0 Å². The Morgan fingerprint density at radius 3 is 2.24 bits per heavy atom. The number of benzene rings is 2. The largest absolute Gasteiger partial charge is 0.192 e. The number of hydrogen-bond donors (Lipinski definition) is 0. The van der Waals surface area contributed by atoms with Gasteiger partial charge in [-0.2, -0.15) is 5.26 Å². The smallest absolute Gasteiger partial charge is 0.0991 e. The molecule has 84 valence electrons. The zero-order valence-corrected chi connectivity index (χ0v) is 10.6. The van der Waals surface area contributed by atoms with E-state index in [2.05, 4.69) is 6.07 Å². The monoisotopic (exact) mass is 259 g/mol. The first-order valence-electron chi connectivity index (χ1n) is 5.15. The summed E-state index contributed by atoms with van der Waals surface area (Å²) in [6.45, 7) is 0. The Morgan fingerprint density at radius 1 is 1.00 bits per heavy atom. The van der Waals surface area contributed by atoms with Gasteiger partial charge in [0.25, 0.3) is 0 Å². The summed E-state index contributed by atoms with van der Waals surface area (Å²) in [6, 6.07) is 17.6. The zero-order valence-electron chi connectivity index (χ0n) is 9.06. The SMILES string of the molecule is N#Cc1ccc(CSc2ccc(Cl)cc2)cc1. The van der Waals surface area contributed by atoms with Crippen LogP contribution < -0.4 is 0 Å². The number of nitriles is 1. The van der Waals surface area contributed by atoms with E-state index in [1.165, 1.54) is 10.5 Å². The number of halogens is 1. The van der Waals surface area contributed by atoms with Crippen LogP contribution in [0.15, 0.2) is 53.4 Å². The molecule has 0 saturated heterocycles. The lowest BCUT2D eigenvalue weighted by Gasteiger charge is -2.02. The van der Waals surface area contributed by atoms with Crippen molar-refractivity contribution in [2.24, 2.45) is 0 Å². The van der Waals surface area contributed by atoms with Crippen LogP contribution in [0.5, 0.6) is 0 Å². The van der Waals surface area contributed by atoms with Crippen LogP contribution in [0, 0.1) is 11.3 Å². The molecule has 0 aliphatic carbocycles. The maximum absolute atomic E-state index is 8.69. The first kappa shape index (κ1) is 12.0. The average molecular weight is 260 g/mol. The Labute approximate surface area is 110 Å². The molecule has 0 heterocycles. The van der Waals surface area contributed by atoms with Crippen LogP contribution in [-0.2, 0) is 5.75 Å². The van der Waals surface area contributed by atoms with Crippen molar-refractivity contribution in [2.75, 3.05) is 0 Å². The molecular weight excluding hydrogens is 250 g/mol. The fourth-order valence-electron chi connectivity index (χ4n) is 1.37. The summed E-state index contributed by atoms with van der Waals surface area (Å²) >= 11 is 7.58. The van der Waals surface area contributed by atoms with E-state index in [-0.39, 0.29) is 0 Å². The van der Waals surface area contributed by atoms with Crippen LogP contribution in [-0.4, -0.2) is 0 Å². The van der Waals surface area contributed by atoms with Gasteiger partial charge in [-0.05, 0) is 42.0 Å². The topological polar surface area (TPSA) is 23.8 Å². The van der Waals surface area contributed by atoms with Crippen LogP contribution >= 0.6 is 23.4 Å². The fourth-order valence-corrected chi connectivity index (χ4v) is 2.35. The molecule has 0 radical (unpaired) electrons. The van der Waals surface area contributed by atoms with Crippen molar-refractivity contribution in [1.82, 2.24) is 0 Å². The molecule has 3 heteroatoms. The van der Waals surface area contributed by atoms with E-state index < -0.39 is 0 Å². The summed E-state index contributed by atoms with van der Waals surface area (Å²) in [5.74, 6) is 0.896. The highest BCUT2D eigenvalue weighted by Crippen LogP contribution is 2.24. The molecule has 2 aromatic rings. The van der Waals surface area contributed by atoms with Crippen molar-refractivity contribution in [1.29, 1.82) is 5.26 Å². The maximum atomic E-state index is 8.69. The van der Waals surface area contributed by atoms with E-state index in [1.807, 2.05) is 48.5 Å². The lowest BCUT2D eigenvalue weighted by molar-refractivity contribution is 1.37. The molecule has 0 aliphatic rings. The van der Waals surface area contributed by atoms with Gasteiger partial charge in [0.2, 0.25) is 0 Å². The van der Waals surface area contributed by atoms with E-state index in [0.717, 1.165) is 10.8 Å². The second kappa shape index (κ2) is 5.77. The molecular formula is C14H10ClNS. The molecule has 2 rings (SSSR count). The minimum atomic E-state index is 0.699. The molecule has 0 bridgehead atoms. The molecule has 0 atom stereocenters. The third-order valence-electron chi connectivity index (χ3n) is 2.30. The van der Waals surface area contributed by atoms with Crippen molar-refractivity contribution in [2.45, 2.75) is 10.6 Å². The minimum absolute atomic E-state index is 0.699. The Kier molecular flexibility index (Phi) is 4.08. The van der Waals surface area contributed by atoms with Gasteiger partial charge in [-0.25, -0.2) is 0 Å². The third-order valence-corrected chi connectivity index (χ3v) is 3.64. The minimum Gasteiger partial charge on any atom is -0.192 e. The molecule has 0 fully saturated rings. The van der Waals surface area contributed by atoms with Gasteiger partial charge in [-0.1, -0.05) is 23.7 Å². The first-order valence-corrected chi connectivity index (χ1v) is 6.52. The maximum Gasteiger partial charge on any atom is 0.0991 e. The normalized spacial score (nSPS) is 9.88. The highest BCUT2D eigenvalue weighted by atomic mass is 35.5. The molecule has 0 amide bonds. The van der Waals surface area contributed by atoms with Crippen molar-refractivity contribution < 1.29 is 0 Å². The highest BCUT2D eigenvalue weighted by Gasteiger charge is 1.97. The van der Waals surface area contributed by atoms with Crippen LogP contribution in [0.1, 0.15) is 11.1 Å². The summed E-state index contributed by atoms with van der Waals surface area (Å²) in [5, 5.41) is 9.45. The predicted octanol–water partition coefficient (Wildman–Crippen LogP) is 4.50. The van der Waals surface area contributed by atoms with Crippen molar-refractivity contribution in [3.05, 3.63) is 64.7 Å². The number of nitrogens with zero attached hydrogens (tertiary/aromatic N) is 1. The summed E-state index contributed by atoms with van der Waals surface area (Å²) in [5.41, 5.74) is 1.91. The lowest BCUT2D eigenvalue weighted by Crippen LogP contribution is -1.81. The molecule has 0 spiro atoms. The molecule has 0 aliphatic heterocycles. The summed E-state index contributed by atoms with van der Waals surface area (Å²) in [7, 11) is 0. The van der Waals surface area contributed by atoms with E-state index >= 15 is 0 Å². The standard InChI is InChI=1S/C14H10ClNS/c15-13-5-7-14(8-6-13)17-10-12-3-1-11(9-16)2-4-12/h1-8H,10H2. The second-order valence-corrected chi connectivity index (χ2v) is 5.04. The predicted molar refractivity (Wildman–Crippen MR) is 72.2 cm³/mol. The Bertz CT molecular complexity index is 526. The number of rotatable bonds is 3. The third kappa shape index (κ3) is 3.52. The summed E-state index contributed by atoms with van der Waals surface area (Å²) < 4.78 is 0. The van der Waals surface area contributed by atoms with Crippen LogP contribution in [0.4, 0.5) is 0 Å². The Morgan fingerprint density at radius 2 is 1.65 bits per heavy atom. The first-order chi connectivity index (χ1) is 8.28. The summed E-state index contributed by atoms with van der Waals surface area (Å²) in [4.78, 5) is 1.19. The van der Waals surface area contributed by atoms with Crippen LogP contribution in [0.3, 0.4) is 0 Å². The molecule has 0 unspecified atom stereocenters. The van der Waals surface area contributed by atoms with Crippen molar-refractivity contribution >= 4 is 23.4 Å². The molecule has 1 nitrogen and oxygen atoms in total. The molecule has 0 saturated carbocycles. The highest BCUT2D eigenvalue weighted by molar-refractivity contribution is 7.98. The average Bonchev–Trinajstić information content (AvgIpc) is 2.39. The Balaban J connectivity index is 1.98. The van der Waals surface area contributed by atoms with Gasteiger partial charge in [0.05, 0.1) is 11.6 Å². The molecule has 0 N–H and O–H groups in total. The summed E-state index contributed by atoms with van der Waals surface area (Å²) in [6.07, 6.45) is 0. The molecule has 2 aromatic carbocycles. The van der Waals surface area contributed by atoms with E-state index in [0.29, 0.717) is 5.56 Å². The lowest BCUT2D eigenvalue weighted by atomic mass is 10.2. The quantitative estimate of drug-likeness (QED) is 0.758. The van der Waals surface area contributed by atoms with Gasteiger partial charge in [0, 0.05) is 15.7 Å². The van der Waals surface area contributed by atoms with E-state index in [1.54, 1.807) is 11.8 Å². The Hall–Kier alpha value is -1.43. The van der Waals surface area contributed by atoms with Crippen molar-refractivity contribution in [3.63, 3.8) is 0 Å². The number of thioether (sulfide) groups is 1. The van der Waals surface area contributed by atoms with Gasteiger partial charge < -0.3 is 0 Å². The van der Waals surface area contributed by atoms with Crippen molar-refractivity contribution in [3.8, 4) is 6.07 Å². The molecule has 17 heavy (non-hydrogen) atoms. The zero-order chi connectivity index (χ0) is 12.1. The van der Waals surface area contributed by atoms with Crippen LogP contribution in [0.25, 0.3) is 0 Å². The second-order valence-electron chi connectivity index (χ2n) is 3.55. The number of hydrogen-bond acceptors (Lipinski definition) is 2. The van der Waals surface area contributed by atoms with Gasteiger partial charge in [0.1, 0.15) is 0 Å². The van der Waals surface area contributed by atoms with E-state index in [4.69, 9.17) is 16.9 Å². The fraction of sp³-hybridized carbons (Fsp3) is 0.0714. The van der Waals surface area contributed by atoms with Gasteiger partial charge >= 0.3 is 0 Å². The van der Waals surface area contributed by atoms with Gasteiger partial charge in [0.15, 0.2) is 0 Å². The van der Waals surface area contributed by atoms with Crippen LogP contribution in [0.2, 0.25) is 5.02 Å². The molecule has 0 aromatic heterocycles. The van der Waals surface area contributed by atoms with Gasteiger partial charge in [-0.15, -0.1) is 11.8 Å².